The van der Waals surface area contributed by atoms with E-state index in [1.54, 1.807) is 0 Å². The van der Waals surface area contributed by atoms with Gasteiger partial charge in [-0.15, -0.1) is 0 Å². The summed E-state index contributed by atoms with van der Waals surface area (Å²) in [6.07, 6.45) is 2.54. The average Bonchev–Trinajstić information content (AvgIpc) is 2.07. The Labute approximate surface area is 94.8 Å². The van der Waals surface area contributed by atoms with Crippen LogP contribution < -0.4 is 5.32 Å². The molecule has 0 aromatic heterocycles. The smallest absolute Gasteiger partial charge is 0.0779 e. The lowest BCUT2D eigenvalue weighted by Crippen LogP contribution is -2.55. The second-order valence-electron chi connectivity index (χ2n) is 5.93. The molecule has 0 spiro atoms. The van der Waals surface area contributed by atoms with Gasteiger partial charge in [-0.2, -0.15) is 0 Å². The van der Waals surface area contributed by atoms with Gasteiger partial charge in [0.1, 0.15) is 0 Å². The van der Waals surface area contributed by atoms with Crippen molar-refractivity contribution in [2.24, 2.45) is 11.8 Å². The lowest BCUT2D eigenvalue weighted by atomic mass is 9.85. The van der Waals surface area contributed by atoms with Crippen LogP contribution in [0.25, 0.3) is 0 Å². The molecule has 0 aliphatic carbocycles. The van der Waals surface area contributed by atoms with E-state index in [1.165, 1.54) is 12.8 Å². The quantitative estimate of drug-likeness (QED) is 0.775. The first kappa shape index (κ1) is 13.0. The van der Waals surface area contributed by atoms with Crippen LogP contribution in [0.3, 0.4) is 0 Å². The van der Waals surface area contributed by atoms with E-state index >= 15 is 0 Å². The largest absolute Gasteiger partial charge is 0.373 e. The molecular weight excluding hydrogens is 186 g/mol. The number of hydrogen-bond acceptors (Lipinski definition) is 2. The molecule has 1 aliphatic heterocycles. The van der Waals surface area contributed by atoms with Gasteiger partial charge in [0.25, 0.3) is 0 Å². The Morgan fingerprint density at radius 3 is 2.53 bits per heavy atom. The van der Waals surface area contributed by atoms with Crippen LogP contribution in [0.5, 0.6) is 0 Å². The molecule has 0 radical (unpaired) electrons. The van der Waals surface area contributed by atoms with Crippen molar-refractivity contribution in [2.45, 2.75) is 59.1 Å². The van der Waals surface area contributed by atoms with Gasteiger partial charge in [0.15, 0.2) is 0 Å². The van der Waals surface area contributed by atoms with Crippen molar-refractivity contribution >= 4 is 0 Å². The van der Waals surface area contributed by atoms with Gasteiger partial charge in [-0.1, -0.05) is 20.8 Å². The molecular formula is C13H27NO. The van der Waals surface area contributed by atoms with E-state index in [0.717, 1.165) is 25.0 Å². The SMILES string of the molecule is CC(C)CC(C)CC1NCCOC1(C)C. The highest BCUT2D eigenvalue weighted by atomic mass is 16.5. The average molecular weight is 213 g/mol. The maximum Gasteiger partial charge on any atom is 0.0779 e. The van der Waals surface area contributed by atoms with Crippen LogP contribution in [0.15, 0.2) is 0 Å². The van der Waals surface area contributed by atoms with Crippen molar-refractivity contribution in [1.82, 2.24) is 5.32 Å². The summed E-state index contributed by atoms with van der Waals surface area (Å²) in [6, 6.07) is 0.514. The van der Waals surface area contributed by atoms with E-state index in [9.17, 15) is 0 Å². The zero-order chi connectivity index (χ0) is 11.5. The number of nitrogens with one attached hydrogen (secondary N) is 1. The zero-order valence-electron chi connectivity index (χ0n) is 11.0. The van der Waals surface area contributed by atoms with Crippen LogP contribution in [-0.4, -0.2) is 24.8 Å². The predicted molar refractivity (Wildman–Crippen MR) is 65.1 cm³/mol. The number of hydrogen-bond donors (Lipinski definition) is 1. The molecule has 0 saturated carbocycles. The summed E-state index contributed by atoms with van der Waals surface area (Å²) >= 11 is 0. The zero-order valence-corrected chi connectivity index (χ0v) is 11.0. The van der Waals surface area contributed by atoms with Crippen molar-refractivity contribution < 1.29 is 4.74 Å². The molecule has 15 heavy (non-hydrogen) atoms. The van der Waals surface area contributed by atoms with Crippen LogP contribution in [0.4, 0.5) is 0 Å². The van der Waals surface area contributed by atoms with Crippen LogP contribution in [0.2, 0.25) is 0 Å². The Bertz CT molecular complexity index is 189. The molecule has 2 atom stereocenters. The summed E-state index contributed by atoms with van der Waals surface area (Å²) in [5.74, 6) is 1.58. The minimum atomic E-state index is 0.00346. The summed E-state index contributed by atoms with van der Waals surface area (Å²) in [4.78, 5) is 0. The van der Waals surface area contributed by atoms with Crippen LogP contribution in [-0.2, 0) is 4.74 Å². The summed E-state index contributed by atoms with van der Waals surface area (Å²) < 4.78 is 5.82. The fourth-order valence-electron chi connectivity index (χ4n) is 2.56. The van der Waals surface area contributed by atoms with Gasteiger partial charge in [-0.05, 0) is 38.5 Å². The van der Waals surface area contributed by atoms with Crippen LogP contribution in [0.1, 0.15) is 47.5 Å². The normalized spacial score (nSPS) is 28.0. The fraction of sp³-hybridized carbons (Fsp3) is 1.00. The summed E-state index contributed by atoms with van der Waals surface area (Å²) in [5.41, 5.74) is 0.00346. The van der Waals surface area contributed by atoms with E-state index in [4.69, 9.17) is 4.74 Å². The molecule has 2 nitrogen and oxygen atoms in total. The maximum absolute atomic E-state index is 5.82. The van der Waals surface area contributed by atoms with Gasteiger partial charge in [-0.25, -0.2) is 0 Å². The minimum absolute atomic E-state index is 0.00346. The van der Waals surface area contributed by atoms with Crippen molar-refractivity contribution in [1.29, 1.82) is 0 Å². The number of rotatable bonds is 4. The molecule has 1 heterocycles. The Morgan fingerprint density at radius 1 is 1.33 bits per heavy atom. The Hall–Kier alpha value is -0.0800. The molecule has 1 aliphatic rings. The Kier molecular flexibility index (Phi) is 4.60. The molecule has 0 amide bonds. The van der Waals surface area contributed by atoms with E-state index < -0.39 is 0 Å². The van der Waals surface area contributed by atoms with E-state index in [2.05, 4.69) is 39.9 Å². The molecule has 1 fully saturated rings. The van der Waals surface area contributed by atoms with Gasteiger partial charge < -0.3 is 10.1 Å². The molecule has 1 saturated heterocycles. The highest BCUT2D eigenvalue weighted by Crippen LogP contribution is 2.26. The van der Waals surface area contributed by atoms with Crippen molar-refractivity contribution in [3.63, 3.8) is 0 Å². The summed E-state index contributed by atoms with van der Waals surface area (Å²) in [7, 11) is 0. The monoisotopic (exact) mass is 213 g/mol. The summed E-state index contributed by atoms with van der Waals surface area (Å²) in [6.45, 7) is 13.2. The van der Waals surface area contributed by atoms with E-state index in [1.807, 2.05) is 0 Å². The molecule has 90 valence electrons. The third-order valence-corrected chi connectivity index (χ3v) is 3.32. The van der Waals surface area contributed by atoms with Crippen molar-refractivity contribution in [3.8, 4) is 0 Å². The molecule has 2 unspecified atom stereocenters. The summed E-state index contributed by atoms with van der Waals surface area (Å²) in [5, 5.41) is 3.59. The Morgan fingerprint density at radius 2 is 2.00 bits per heavy atom. The molecule has 1 rings (SSSR count). The van der Waals surface area contributed by atoms with Gasteiger partial charge in [-0.3, -0.25) is 0 Å². The van der Waals surface area contributed by atoms with E-state index in [0.29, 0.717) is 6.04 Å². The number of ether oxygens (including phenoxy) is 1. The second kappa shape index (κ2) is 5.31. The maximum atomic E-state index is 5.82. The molecule has 0 bridgehead atoms. The van der Waals surface area contributed by atoms with Crippen molar-refractivity contribution in [3.05, 3.63) is 0 Å². The van der Waals surface area contributed by atoms with Gasteiger partial charge in [0.05, 0.1) is 12.2 Å². The molecule has 0 aromatic rings. The molecule has 2 heteroatoms. The topological polar surface area (TPSA) is 21.3 Å². The minimum Gasteiger partial charge on any atom is -0.373 e. The Balaban J connectivity index is 2.41. The highest BCUT2D eigenvalue weighted by molar-refractivity contribution is 4.89. The molecule has 1 N–H and O–H groups in total. The third-order valence-electron chi connectivity index (χ3n) is 3.32. The first-order valence-electron chi connectivity index (χ1n) is 6.29. The first-order chi connectivity index (χ1) is 6.92. The number of morpholine rings is 1. The predicted octanol–water partition coefficient (Wildman–Crippen LogP) is 2.83. The van der Waals surface area contributed by atoms with Crippen LogP contribution >= 0.6 is 0 Å². The lowest BCUT2D eigenvalue weighted by Gasteiger charge is -2.40. The highest BCUT2D eigenvalue weighted by Gasteiger charge is 2.33. The lowest BCUT2D eigenvalue weighted by molar-refractivity contribution is -0.0761. The first-order valence-corrected chi connectivity index (χ1v) is 6.29. The van der Waals surface area contributed by atoms with Gasteiger partial charge in [0, 0.05) is 12.6 Å². The second-order valence-corrected chi connectivity index (χ2v) is 5.93. The van der Waals surface area contributed by atoms with Crippen molar-refractivity contribution in [2.75, 3.05) is 13.2 Å². The third kappa shape index (κ3) is 4.12. The van der Waals surface area contributed by atoms with Gasteiger partial charge >= 0.3 is 0 Å². The van der Waals surface area contributed by atoms with E-state index in [-0.39, 0.29) is 5.60 Å². The van der Waals surface area contributed by atoms with Crippen LogP contribution in [0, 0.1) is 11.8 Å². The molecule has 0 aromatic carbocycles. The standard InChI is InChI=1S/C13H27NO/c1-10(2)8-11(3)9-12-13(4,5)15-7-6-14-12/h10-12,14H,6-9H2,1-5H3. The fourth-order valence-corrected chi connectivity index (χ4v) is 2.56. The van der Waals surface area contributed by atoms with Gasteiger partial charge in [0.2, 0.25) is 0 Å².